The van der Waals surface area contributed by atoms with Gasteiger partial charge in [-0.3, -0.25) is 25.0 Å². The summed E-state index contributed by atoms with van der Waals surface area (Å²) in [5.41, 5.74) is 3.43. The molecule has 170 valence electrons. The molecule has 2 aromatic carbocycles. The van der Waals surface area contributed by atoms with E-state index in [1.165, 1.54) is 19.2 Å². The second-order valence-electron chi connectivity index (χ2n) is 6.47. The predicted molar refractivity (Wildman–Crippen MR) is 120 cm³/mol. The van der Waals surface area contributed by atoms with Gasteiger partial charge in [0.25, 0.3) is 11.2 Å². The predicted octanol–water partition coefficient (Wildman–Crippen LogP) is 3.75. The van der Waals surface area contributed by atoms with E-state index in [2.05, 4.69) is 20.9 Å². The highest BCUT2D eigenvalue weighted by Crippen LogP contribution is 2.45. The number of hydrogen-bond donors (Lipinski definition) is 2. The molecule has 0 saturated carbocycles. The first-order valence-electron chi connectivity index (χ1n) is 8.97. The van der Waals surface area contributed by atoms with Crippen LogP contribution >= 0.6 is 15.9 Å². The van der Waals surface area contributed by atoms with Gasteiger partial charge in [-0.25, -0.2) is 0 Å². The Morgan fingerprint density at radius 2 is 1.74 bits per heavy atom. The Hall–Kier alpha value is -4.95. The van der Waals surface area contributed by atoms with E-state index in [0.717, 1.165) is 18.2 Å². The molecule has 14 heteroatoms. The highest BCUT2D eigenvalue weighted by molar-refractivity contribution is 9.10. The molecule has 34 heavy (non-hydrogen) atoms. The third kappa shape index (κ3) is 4.21. The van der Waals surface area contributed by atoms with Crippen LogP contribution in [0.2, 0.25) is 0 Å². The summed E-state index contributed by atoms with van der Waals surface area (Å²) in [6, 6.07) is 9.18. The van der Waals surface area contributed by atoms with Crippen molar-refractivity contribution in [2.45, 2.75) is 0 Å². The second kappa shape index (κ2) is 9.27. The van der Waals surface area contributed by atoms with Crippen LogP contribution in [0.3, 0.4) is 0 Å². The topological polar surface area (TPSA) is 211 Å². The number of nitro benzene ring substituents is 2. The summed E-state index contributed by atoms with van der Waals surface area (Å²) >= 11 is 3.26. The summed E-state index contributed by atoms with van der Waals surface area (Å²) in [7, 11) is 1.27. The van der Waals surface area contributed by atoms with Crippen molar-refractivity contribution < 1.29 is 19.3 Å². The lowest BCUT2D eigenvalue weighted by Crippen LogP contribution is -2.16. The van der Waals surface area contributed by atoms with Gasteiger partial charge >= 0.3 is 5.69 Å². The van der Waals surface area contributed by atoms with Crippen LogP contribution in [0, 0.1) is 42.9 Å². The van der Waals surface area contributed by atoms with E-state index in [0.29, 0.717) is 0 Å². The van der Waals surface area contributed by atoms with Gasteiger partial charge in [-0.05, 0) is 39.7 Å². The molecule has 0 saturated heterocycles. The molecule has 1 heterocycles. The fourth-order valence-electron chi connectivity index (χ4n) is 3.05. The maximum atomic E-state index is 12.2. The number of anilines is 1. The van der Waals surface area contributed by atoms with Crippen molar-refractivity contribution in [3.63, 3.8) is 0 Å². The first-order chi connectivity index (χ1) is 16.1. The average molecular weight is 527 g/mol. The molecule has 3 rings (SSSR count). The summed E-state index contributed by atoms with van der Waals surface area (Å²) < 4.78 is 11.1. The lowest BCUT2D eigenvalue weighted by molar-refractivity contribution is -0.394. The average Bonchev–Trinajstić information content (AvgIpc) is 2.79. The van der Waals surface area contributed by atoms with Crippen molar-refractivity contribution in [3.05, 3.63) is 76.5 Å². The van der Waals surface area contributed by atoms with Crippen molar-refractivity contribution >= 4 is 33.1 Å². The highest BCUT2D eigenvalue weighted by atomic mass is 79.9. The van der Waals surface area contributed by atoms with Gasteiger partial charge in [-0.2, -0.15) is 10.5 Å². The Labute approximate surface area is 198 Å². The summed E-state index contributed by atoms with van der Waals surface area (Å²) in [4.78, 5) is 35.2. The fourth-order valence-corrected chi connectivity index (χ4v) is 3.58. The standard InChI is InChI=1S/C20H11BrN6O7/c1-33-16-5-9(17-11(7-22)19(24)25-20(28)12(17)8-23)4-13(21)18(16)34-15-3-2-10(26(29)30)6-14(15)27(31)32/h2-6H,1H3,(H3,24,25,28). The third-order valence-corrected chi connectivity index (χ3v) is 5.14. The molecule has 0 aliphatic rings. The largest absolute Gasteiger partial charge is 0.493 e. The van der Waals surface area contributed by atoms with E-state index in [-0.39, 0.29) is 49.8 Å². The number of benzene rings is 2. The Balaban J connectivity index is 2.22. The maximum absolute atomic E-state index is 12.2. The number of nitro groups is 2. The number of nitrogens with one attached hydrogen (secondary N) is 1. The normalized spacial score (nSPS) is 10.1. The van der Waals surface area contributed by atoms with Crippen LogP contribution in [0.1, 0.15) is 11.1 Å². The van der Waals surface area contributed by atoms with Crippen LogP contribution in [-0.4, -0.2) is 21.9 Å². The lowest BCUT2D eigenvalue weighted by atomic mass is 9.96. The Bertz CT molecular complexity index is 1500. The van der Waals surface area contributed by atoms with Crippen molar-refractivity contribution in [2.75, 3.05) is 12.8 Å². The number of non-ortho nitro benzene ring substituents is 1. The van der Waals surface area contributed by atoms with E-state index in [4.69, 9.17) is 15.2 Å². The monoisotopic (exact) mass is 526 g/mol. The molecule has 0 radical (unpaired) electrons. The minimum atomic E-state index is -0.839. The molecule has 0 fully saturated rings. The van der Waals surface area contributed by atoms with Gasteiger partial charge < -0.3 is 20.2 Å². The van der Waals surface area contributed by atoms with E-state index in [9.17, 15) is 35.5 Å². The number of hydrogen-bond acceptors (Lipinski definition) is 10. The number of rotatable bonds is 6. The number of nitrogen functional groups attached to an aromatic ring is 1. The maximum Gasteiger partial charge on any atom is 0.318 e. The van der Waals surface area contributed by atoms with E-state index < -0.39 is 26.8 Å². The van der Waals surface area contributed by atoms with Crippen LogP contribution in [0.4, 0.5) is 17.2 Å². The van der Waals surface area contributed by atoms with Crippen molar-refractivity contribution in [1.29, 1.82) is 10.5 Å². The van der Waals surface area contributed by atoms with Crippen LogP contribution in [0.15, 0.2) is 39.6 Å². The van der Waals surface area contributed by atoms with Crippen molar-refractivity contribution in [3.8, 4) is 40.5 Å². The zero-order valence-electron chi connectivity index (χ0n) is 17.0. The summed E-state index contributed by atoms with van der Waals surface area (Å²) in [5, 5.41) is 41.4. The highest BCUT2D eigenvalue weighted by Gasteiger charge is 2.25. The number of aromatic amines is 1. The van der Waals surface area contributed by atoms with Gasteiger partial charge in [0.2, 0.25) is 5.75 Å². The van der Waals surface area contributed by atoms with E-state index in [1.54, 1.807) is 6.07 Å². The molecule has 1 aromatic heterocycles. The number of halogens is 1. The number of H-pyrrole nitrogens is 1. The molecular weight excluding hydrogens is 516 g/mol. The van der Waals surface area contributed by atoms with Crippen LogP contribution in [-0.2, 0) is 0 Å². The minimum absolute atomic E-state index is 0.00339. The molecule has 0 aliphatic carbocycles. The summed E-state index contributed by atoms with van der Waals surface area (Å²) in [6.07, 6.45) is 0. The molecule has 0 aliphatic heterocycles. The molecule has 0 atom stereocenters. The van der Waals surface area contributed by atoms with Gasteiger partial charge in [0, 0.05) is 11.6 Å². The van der Waals surface area contributed by atoms with Gasteiger partial charge in [-0.15, -0.1) is 0 Å². The SMILES string of the molecule is COc1cc(-c2c(C#N)c(N)[nH]c(=O)c2C#N)cc(Br)c1Oc1ccc([N+](=O)[O-])cc1[N+](=O)[O-]. The third-order valence-electron chi connectivity index (χ3n) is 4.55. The number of nitrogens with zero attached hydrogens (tertiary/aromatic N) is 4. The molecular formula is C20H11BrN6O7. The molecule has 0 spiro atoms. The number of nitrogens with two attached hydrogens (primary N) is 1. The van der Waals surface area contributed by atoms with Gasteiger partial charge in [0.15, 0.2) is 11.5 Å². The number of ether oxygens (including phenoxy) is 2. The number of methoxy groups -OCH3 is 1. The Kier molecular flexibility index (Phi) is 6.46. The molecule has 0 bridgehead atoms. The minimum Gasteiger partial charge on any atom is -0.493 e. The Morgan fingerprint density at radius 1 is 1.06 bits per heavy atom. The molecule has 0 amide bonds. The second-order valence-corrected chi connectivity index (χ2v) is 7.33. The summed E-state index contributed by atoms with van der Waals surface area (Å²) in [6.45, 7) is 0. The zero-order valence-corrected chi connectivity index (χ0v) is 18.6. The van der Waals surface area contributed by atoms with Crippen LogP contribution in [0.5, 0.6) is 17.2 Å². The van der Waals surface area contributed by atoms with Gasteiger partial charge in [0.05, 0.1) is 27.5 Å². The summed E-state index contributed by atoms with van der Waals surface area (Å²) in [5.74, 6) is -0.585. The first kappa shape index (κ1) is 23.7. The number of pyridine rings is 1. The van der Waals surface area contributed by atoms with Gasteiger partial charge in [-0.1, -0.05) is 0 Å². The van der Waals surface area contributed by atoms with Crippen LogP contribution < -0.4 is 20.8 Å². The quantitative estimate of drug-likeness (QED) is 0.350. The van der Waals surface area contributed by atoms with Crippen molar-refractivity contribution in [1.82, 2.24) is 4.98 Å². The molecule has 0 unspecified atom stereocenters. The fraction of sp³-hybridized carbons (Fsp3) is 0.0500. The van der Waals surface area contributed by atoms with Crippen LogP contribution in [0.25, 0.3) is 11.1 Å². The smallest absolute Gasteiger partial charge is 0.318 e. The van der Waals surface area contributed by atoms with Gasteiger partial charge in [0.1, 0.15) is 29.1 Å². The number of aromatic nitrogens is 1. The lowest BCUT2D eigenvalue weighted by Gasteiger charge is -2.15. The molecule has 3 N–H and O–H groups in total. The van der Waals surface area contributed by atoms with E-state index in [1.807, 2.05) is 6.07 Å². The molecule has 13 nitrogen and oxygen atoms in total. The Morgan fingerprint density at radius 3 is 2.29 bits per heavy atom. The molecule has 3 aromatic rings. The zero-order chi connectivity index (χ0) is 25.2. The van der Waals surface area contributed by atoms with Crippen molar-refractivity contribution in [2.24, 2.45) is 0 Å². The first-order valence-corrected chi connectivity index (χ1v) is 9.76. The number of nitriles is 2. The van der Waals surface area contributed by atoms with E-state index >= 15 is 0 Å².